The summed E-state index contributed by atoms with van der Waals surface area (Å²) in [5, 5.41) is 19.5. The van der Waals surface area contributed by atoms with Crippen LogP contribution >= 0.6 is 0 Å². The Balaban J connectivity index is 1.96. The molecule has 0 bridgehead atoms. The second-order valence-corrected chi connectivity index (χ2v) is 12.8. The highest BCUT2D eigenvalue weighted by Crippen LogP contribution is 2.57. The van der Waals surface area contributed by atoms with Crippen LogP contribution in [0.25, 0.3) is 0 Å². The van der Waals surface area contributed by atoms with Crippen molar-refractivity contribution in [3.63, 3.8) is 0 Å². The normalized spacial score (nSPS) is 21.9. The molecule has 1 saturated heterocycles. The van der Waals surface area contributed by atoms with Crippen molar-refractivity contribution in [3.05, 3.63) is 65.0 Å². The number of aliphatic hydroxyl groups is 2. The van der Waals surface area contributed by atoms with Crippen molar-refractivity contribution in [3.8, 4) is 0 Å². The smallest absolute Gasteiger partial charge is 0.395 e. The molecule has 2 N–H and O–H groups in total. The molecule has 0 aromatic heterocycles. The SMILES string of the molecule is CC(CO)(CO)C(=O)N1CC[C@]2(S(=O)(=O)c3ccc(F)cc3)c3ccc(C(F)(C(F)(F)F)C(F)(F)F)cc3CC[C@H]12. The van der Waals surface area contributed by atoms with Crippen LogP contribution in [0.1, 0.15) is 36.5 Å². The highest BCUT2D eigenvalue weighted by Gasteiger charge is 2.74. The molecule has 4 rings (SSSR count). The predicted molar refractivity (Wildman–Crippen MR) is 127 cm³/mol. The average molecular weight is 616 g/mol. The van der Waals surface area contributed by atoms with Crippen molar-refractivity contribution in [1.29, 1.82) is 0 Å². The number of hydrogen-bond donors (Lipinski definition) is 2. The van der Waals surface area contributed by atoms with Gasteiger partial charge in [0.1, 0.15) is 10.6 Å². The van der Waals surface area contributed by atoms with Crippen LogP contribution in [0.4, 0.5) is 35.1 Å². The van der Waals surface area contributed by atoms with E-state index in [1.807, 2.05) is 0 Å². The largest absolute Gasteiger partial charge is 0.435 e. The molecule has 0 radical (unpaired) electrons. The number of benzene rings is 2. The first-order chi connectivity index (χ1) is 18.8. The number of likely N-dealkylation sites (tertiary alicyclic amines) is 1. The van der Waals surface area contributed by atoms with Crippen molar-refractivity contribution in [2.75, 3.05) is 19.8 Å². The summed E-state index contributed by atoms with van der Waals surface area (Å²) in [6, 6.07) is 3.63. The summed E-state index contributed by atoms with van der Waals surface area (Å²) in [4.78, 5) is 14.1. The fourth-order valence-corrected chi connectivity index (χ4v) is 8.20. The van der Waals surface area contributed by atoms with Gasteiger partial charge in [-0.2, -0.15) is 26.3 Å². The number of amides is 1. The third-order valence-electron chi connectivity index (χ3n) is 8.14. The van der Waals surface area contributed by atoms with E-state index in [-0.39, 0.29) is 43.0 Å². The van der Waals surface area contributed by atoms with Crippen LogP contribution in [0.3, 0.4) is 0 Å². The van der Waals surface area contributed by atoms with Gasteiger partial charge in [0.05, 0.1) is 29.6 Å². The molecule has 226 valence electrons. The van der Waals surface area contributed by atoms with Crippen molar-refractivity contribution in [2.24, 2.45) is 5.41 Å². The van der Waals surface area contributed by atoms with E-state index in [2.05, 4.69) is 0 Å². The number of nitrogens with zero attached hydrogens (tertiary/aromatic N) is 1. The summed E-state index contributed by atoms with van der Waals surface area (Å²) < 4.78 is 136. The monoisotopic (exact) mass is 615 g/mol. The first-order valence-corrected chi connectivity index (χ1v) is 13.8. The number of aliphatic hydroxyl groups excluding tert-OH is 2. The molecule has 0 saturated carbocycles. The molecular formula is C26H25F8NO5S. The Morgan fingerprint density at radius 3 is 2.05 bits per heavy atom. The Morgan fingerprint density at radius 2 is 1.54 bits per heavy atom. The van der Waals surface area contributed by atoms with Gasteiger partial charge in [-0.05, 0) is 61.6 Å². The van der Waals surface area contributed by atoms with E-state index >= 15 is 0 Å². The third kappa shape index (κ3) is 4.42. The summed E-state index contributed by atoms with van der Waals surface area (Å²) in [6.45, 7) is -0.645. The first kappa shape index (κ1) is 31.2. The number of halogens is 8. The van der Waals surface area contributed by atoms with Crippen LogP contribution in [0.2, 0.25) is 0 Å². The number of sulfone groups is 1. The minimum atomic E-state index is -6.38. The van der Waals surface area contributed by atoms with Crippen LogP contribution in [0.15, 0.2) is 47.4 Å². The maximum atomic E-state index is 14.9. The second-order valence-electron chi connectivity index (χ2n) is 10.6. The third-order valence-corrected chi connectivity index (χ3v) is 10.7. The second kappa shape index (κ2) is 9.90. The number of carbonyl (C=O) groups excluding carboxylic acids is 1. The van der Waals surface area contributed by atoms with Gasteiger partial charge in [-0.25, -0.2) is 17.2 Å². The lowest BCUT2D eigenvalue weighted by atomic mass is 9.76. The molecule has 1 aliphatic heterocycles. The molecule has 1 heterocycles. The highest BCUT2D eigenvalue weighted by atomic mass is 32.2. The number of alkyl halides is 7. The molecule has 1 amide bonds. The zero-order valence-corrected chi connectivity index (χ0v) is 22.2. The van der Waals surface area contributed by atoms with Crippen LogP contribution < -0.4 is 0 Å². The van der Waals surface area contributed by atoms with Crippen molar-refractivity contribution in [1.82, 2.24) is 4.90 Å². The summed E-state index contributed by atoms with van der Waals surface area (Å²) in [5.41, 5.74) is -9.76. The Labute approximate surface area is 229 Å². The van der Waals surface area contributed by atoms with E-state index in [0.29, 0.717) is 12.1 Å². The molecule has 1 fully saturated rings. The summed E-state index contributed by atoms with van der Waals surface area (Å²) in [7, 11) is -4.64. The van der Waals surface area contributed by atoms with E-state index in [1.165, 1.54) is 6.92 Å². The van der Waals surface area contributed by atoms with Gasteiger partial charge in [0.25, 0.3) is 0 Å². The van der Waals surface area contributed by atoms with Gasteiger partial charge in [0, 0.05) is 12.1 Å². The maximum absolute atomic E-state index is 14.9. The van der Waals surface area contributed by atoms with Crippen molar-refractivity contribution >= 4 is 15.7 Å². The molecule has 0 spiro atoms. The van der Waals surface area contributed by atoms with Gasteiger partial charge < -0.3 is 15.1 Å². The van der Waals surface area contributed by atoms with Crippen molar-refractivity contribution < 1.29 is 58.5 Å². The lowest BCUT2D eigenvalue weighted by molar-refractivity contribution is -0.348. The fraction of sp³-hybridized carbons (Fsp3) is 0.500. The number of fused-ring (bicyclic) bond motifs is 3. The van der Waals surface area contributed by atoms with Crippen LogP contribution in [0.5, 0.6) is 0 Å². The molecule has 2 aromatic rings. The molecule has 41 heavy (non-hydrogen) atoms. The van der Waals surface area contributed by atoms with E-state index in [1.54, 1.807) is 0 Å². The summed E-state index contributed by atoms with van der Waals surface area (Å²) >= 11 is 0. The average Bonchev–Trinajstić information content (AvgIpc) is 3.32. The van der Waals surface area contributed by atoms with Gasteiger partial charge >= 0.3 is 18.0 Å². The van der Waals surface area contributed by atoms with Crippen LogP contribution in [-0.2, 0) is 31.5 Å². The topological polar surface area (TPSA) is 94.9 Å². The Hall–Kier alpha value is -2.78. The number of carbonyl (C=O) groups is 1. The minimum absolute atomic E-state index is 0.224. The van der Waals surface area contributed by atoms with Gasteiger partial charge in [0.15, 0.2) is 9.84 Å². The van der Waals surface area contributed by atoms with Gasteiger partial charge in [-0.1, -0.05) is 18.2 Å². The van der Waals surface area contributed by atoms with Gasteiger partial charge in [0.2, 0.25) is 5.91 Å². The Morgan fingerprint density at radius 1 is 0.976 bits per heavy atom. The molecule has 0 unspecified atom stereocenters. The van der Waals surface area contributed by atoms with Crippen molar-refractivity contribution in [2.45, 2.75) is 59.9 Å². The summed E-state index contributed by atoms with van der Waals surface area (Å²) in [5.74, 6) is -1.60. The van der Waals surface area contributed by atoms with E-state index in [0.717, 1.165) is 29.2 Å². The molecule has 15 heteroatoms. The summed E-state index contributed by atoms with van der Waals surface area (Å²) in [6.07, 6.45) is -13.7. The van der Waals surface area contributed by atoms with E-state index in [9.17, 15) is 58.5 Å². The number of hydrogen-bond acceptors (Lipinski definition) is 5. The van der Waals surface area contributed by atoms with Gasteiger partial charge in [-0.3, -0.25) is 4.79 Å². The van der Waals surface area contributed by atoms with Crippen LogP contribution in [-0.4, -0.2) is 67.6 Å². The fourth-order valence-electron chi connectivity index (χ4n) is 5.83. The zero-order valence-electron chi connectivity index (χ0n) is 21.4. The quantitative estimate of drug-likeness (QED) is 0.373. The number of rotatable bonds is 6. The first-order valence-electron chi connectivity index (χ1n) is 12.3. The Bertz CT molecular complexity index is 1420. The van der Waals surface area contributed by atoms with Crippen LogP contribution in [0, 0.1) is 11.2 Å². The van der Waals surface area contributed by atoms with Gasteiger partial charge in [-0.15, -0.1) is 0 Å². The minimum Gasteiger partial charge on any atom is -0.395 e. The molecular weight excluding hydrogens is 590 g/mol. The molecule has 1 aliphatic carbocycles. The van der Waals surface area contributed by atoms with E-state index < -0.39 is 79.5 Å². The number of aryl methyl sites for hydroxylation is 1. The maximum Gasteiger partial charge on any atom is 0.435 e. The lowest BCUT2D eigenvalue weighted by Gasteiger charge is -2.44. The standard InChI is InChI=1S/C26H25F8NO5S/c1-22(13-36,14-37)21(38)35-11-10-23(41(39,40)18-6-4-17(27)5-7-18)19-8-3-16(12-15(19)2-9-20(23)35)24(28,25(29,30)31)26(32,33)34/h3-8,12,20,36-37H,2,9-11,13-14H2,1H3/t20-,23-/m0/s1. The lowest BCUT2D eigenvalue weighted by Crippen LogP contribution is -2.56. The molecule has 2 aromatic carbocycles. The predicted octanol–water partition coefficient (Wildman–Crippen LogP) is 4.32. The molecule has 6 nitrogen and oxygen atoms in total. The molecule has 2 atom stereocenters. The molecule has 2 aliphatic rings. The zero-order chi connectivity index (χ0) is 30.8. The Kier molecular flexibility index (Phi) is 7.53. The highest BCUT2D eigenvalue weighted by molar-refractivity contribution is 7.92. The van der Waals surface area contributed by atoms with E-state index in [4.69, 9.17) is 0 Å².